The van der Waals surface area contributed by atoms with Crippen molar-refractivity contribution in [3.63, 3.8) is 0 Å². The molecule has 0 spiro atoms. The fourth-order valence-electron chi connectivity index (χ4n) is 2.27. The normalized spacial score (nSPS) is 12.3. The SMILES string of the molecule is CCOc1cc(NC(C)c2nnc3c(=O)[nH]ccn23)nc(C)n1. The van der Waals surface area contributed by atoms with E-state index in [0.29, 0.717) is 30.0 Å². The Hall–Kier alpha value is -2.97. The zero-order valence-corrected chi connectivity index (χ0v) is 13.1. The van der Waals surface area contributed by atoms with Crippen LogP contribution in [-0.2, 0) is 0 Å². The maximum absolute atomic E-state index is 11.7. The van der Waals surface area contributed by atoms with E-state index < -0.39 is 0 Å². The van der Waals surface area contributed by atoms with Crippen LogP contribution in [0, 0.1) is 6.92 Å². The maximum atomic E-state index is 11.7. The molecule has 0 radical (unpaired) electrons. The third kappa shape index (κ3) is 2.98. The smallest absolute Gasteiger partial charge is 0.293 e. The molecule has 3 aromatic rings. The van der Waals surface area contributed by atoms with Crippen LogP contribution in [0.4, 0.5) is 5.82 Å². The predicted octanol–water partition coefficient (Wildman–Crippen LogP) is 1.09. The number of rotatable bonds is 5. The minimum absolute atomic E-state index is 0.212. The molecular formula is C14H17N7O2. The van der Waals surface area contributed by atoms with Crippen LogP contribution in [0.1, 0.15) is 31.5 Å². The van der Waals surface area contributed by atoms with Gasteiger partial charge in [0.1, 0.15) is 11.6 Å². The van der Waals surface area contributed by atoms with Crippen LogP contribution in [0.15, 0.2) is 23.3 Å². The topological polar surface area (TPSA) is 110 Å². The Balaban J connectivity index is 1.90. The standard InChI is InChI=1S/C14H17N7O2/c1-4-23-11-7-10(17-9(3)18-11)16-8(2)12-19-20-13-14(22)15-5-6-21(12)13/h5-8H,4H2,1-3H3,(H,15,22)(H,16,17,18). The molecule has 0 amide bonds. The summed E-state index contributed by atoms with van der Waals surface area (Å²) in [4.78, 5) is 22.8. The highest BCUT2D eigenvalue weighted by Gasteiger charge is 2.16. The van der Waals surface area contributed by atoms with Gasteiger partial charge < -0.3 is 15.0 Å². The highest BCUT2D eigenvalue weighted by molar-refractivity contribution is 5.41. The zero-order chi connectivity index (χ0) is 16.4. The van der Waals surface area contributed by atoms with Crippen LogP contribution >= 0.6 is 0 Å². The van der Waals surface area contributed by atoms with E-state index in [-0.39, 0.29) is 17.2 Å². The molecule has 9 heteroatoms. The second kappa shape index (κ2) is 6.03. The molecule has 9 nitrogen and oxygen atoms in total. The first kappa shape index (κ1) is 14.9. The number of nitrogens with one attached hydrogen (secondary N) is 2. The largest absolute Gasteiger partial charge is 0.478 e. The van der Waals surface area contributed by atoms with Crippen LogP contribution in [0.2, 0.25) is 0 Å². The van der Waals surface area contributed by atoms with Gasteiger partial charge in [0.05, 0.1) is 12.6 Å². The van der Waals surface area contributed by atoms with E-state index in [0.717, 1.165) is 0 Å². The lowest BCUT2D eigenvalue weighted by molar-refractivity contribution is 0.325. The predicted molar refractivity (Wildman–Crippen MR) is 83.6 cm³/mol. The Kier molecular flexibility index (Phi) is 3.92. The van der Waals surface area contributed by atoms with Gasteiger partial charge in [0.15, 0.2) is 5.82 Å². The van der Waals surface area contributed by atoms with Crippen molar-refractivity contribution in [1.29, 1.82) is 0 Å². The van der Waals surface area contributed by atoms with Gasteiger partial charge in [-0.2, -0.15) is 4.98 Å². The molecule has 3 rings (SSSR count). The highest BCUT2D eigenvalue weighted by Crippen LogP contribution is 2.19. The van der Waals surface area contributed by atoms with Crippen molar-refractivity contribution in [2.45, 2.75) is 26.8 Å². The van der Waals surface area contributed by atoms with Gasteiger partial charge in [0.25, 0.3) is 5.56 Å². The molecule has 0 saturated carbocycles. The third-order valence-electron chi connectivity index (χ3n) is 3.22. The molecule has 0 bridgehead atoms. The molecule has 23 heavy (non-hydrogen) atoms. The summed E-state index contributed by atoms with van der Waals surface area (Å²) >= 11 is 0. The second-order valence-electron chi connectivity index (χ2n) is 4.98. The van der Waals surface area contributed by atoms with Gasteiger partial charge in [-0.15, -0.1) is 10.2 Å². The summed E-state index contributed by atoms with van der Waals surface area (Å²) in [5.41, 5.74) is -0.0278. The lowest BCUT2D eigenvalue weighted by atomic mass is 10.3. The van der Waals surface area contributed by atoms with E-state index in [4.69, 9.17) is 4.74 Å². The number of H-pyrrole nitrogens is 1. The van der Waals surface area contributed by atoms with Gasteiger partial charge in [-0.1, -0.05) is 0 Å². The summed E-state index contributed by atoms with van der Waals surface area (Å²) < 4.78 is 7.06. The van der Waals surface area contributed by atoms with Gasteiger partial charge in [0, 0.05) is 18.5 Å². The zero-order valence-electron chi connectivity index (χ0n) is 13.1. The summed E-state index contributed by atoms with van der Waals surface area (Å²) in [6.07, 6.45) is 3.26. The average molecular weight is 315 g/mol. The summed E-state index contributed by atoms with van der Waals surface area (Å²) in [6, 6.07) is 1.51. The van der Waals surface area contributed by atoms with Crippen LogP contribution in [0.5, 0.6) is 5.88 Å². The van der Waals surface area contributed by atoms with Crippen LogP contribution in [-0.4, -0.2) is 36.2 Å². The van der Waals surface area contributed by atoms with E-state index in [1.807, 2.05) is 13.8 Å². The van der Waals surface area contributed by atoms with Crippen LogP contribution in [0.25, 0.3) is 5.65 Å². The number of hydrogen-bond acceptors (Lipinski definition) is 7. The first-order valence-corrected chi connectivity index (χ1v) is 7.26. The van der Waals surface area contributed by atoms with Gasteiger partial charge in [-0.25, -0.2) is 4.98 Å². The molecule has 3 aromatic heterocycles. The molecule has 0 aliphatic carbocycles. The number of aromatic nitrogens is 6. The summed E-state index contributed by atoms with van der Waals surface area (Å²) in [5, 5.41) is 11.2. The van der Waals surface area contributed by atoms with Crippen LogP contribution < -0.4 is 15.6 Å². The monoisotopic (exact) mass is 315 g/mol. The molecule has 1 unspecified atom stereocenters. The van der Waals surface area contributed by atoms with Crippen molar-refractivity contribution >= 4 is 11.5 Å². The Morgan fingerprint density at radius 1 is 1.39 bits per heavy atom. The molecule has 0 aliphatic rings. The second-order valence-corrected chi connectivity index (χ2v) is 4.98. The van der Waals surface area contributed by atoms with Crippen LogP contribution in [0.3, 0.4) is 0 Å². The average Bonchev–Trinajstić information content (AvgIpc) is 2.92. The minimum atomic E-state index is -0.282. The van der Waals surface area contributed by atoms with Crippen molar-refractivity contribution in [3.8, 4) is 5.88 Å². The Labute approximate surface area is 131 Å². The molecule has 1 atom stereocenters. The fourth-order valence-corrected chi connectivity index (χ4v) is 2.27. The molecular weight excluding hydrogens is 298 g/mol. The number of hydrogen-bond donors (Lipinski definition) is 2. The number of aryl methyl sites for hydroxylation is 1. The van der Waals surface area contributed by atoms with Gasteiger partial charge in [-0.05, 0) is 20.8 Å². The number of fused-ring (bicyclic) bond motifs is 1. The molecule has 0 aliphatic heterocycles. The van der Waals surface area contributed by atoms with E-state index >= 15 is 0 Å². The van der Waals surface area contributed by atoms with E-state index in [1.165, 1.54) is 0 Å². The molecule has 3 heterocycles. The minimum Gasteiger partial charge on any atom is -0.478 e. The third-order valence-corrected chi connectivity index (χ3v) is 3.22. The quantitative estimate of drug-likeness (QED) is 0.725. The number of ether oxygens (including phenoxy) is 1. The Morgan fingerprint density at radius 3 is 3.00 bits per heavy atom. The molecule has 120 valence electrons. The van der Waals surface area contributed by atoms with Gasteiger partial charge in [-0.3, -0.25) is 9.20 Å². The fraction of sp³-hybridized carbons (Fsp3) is 0.357. The molecule has 2 N–H and O–H groups in total. The number of anilines is 1. The number of aromatic amines is 1. The van der Waals surface area contributed by atoms with Crippen molar-refractivity contribution in [2.75, 3.05) is 11.9 Å². The van der Waals surface area contributed by atoms with Gasteiger partial charge in [0.2, 0.25) is 11.5 Å². The summed E-state index contributed by atoms with van der Waals surface area (Å²) in [7, 11) is 0. The van der Waals surface area contributed by atoms with Crippen molar-refractivity contribution < 1.29 is 4.74 Å². The van der Waals surface area contributed by atoms with E-state index in [2.05, 4.69) is 30.5 Å². The maximum Gasteiger partial charge on any atom is 0.293 e. The van der Waals surface area contributed by atoms with Gasteiger partial charge >= 0.3 is 0 Å². The Bertz CT molecular complexity index is 886. The highest BCUT2D eigenvalue weighted by atomic mass is 16.5. The summed E-state index contributed by atoms with van der Waals surface area (Å²) in [5.74, 6) is 2.35. The lowest BCUT2D eigenvalue weighted by Crippen LogP contribution is -2.14. The van der Waals surface area contributed by atoms with Crippen molar-refractivity contribution in [2.24, 2.45) is 0 Å². The molecule has 0 aromatic carbocycles. The van der Waals surface area contributed by atoms with E-state index in [1.54, 1.807) is 29.8 Å². The lowest BCUT2D eigenvalue weighted by Gasteiger charge is -2.14. The molecule has 0 saturated heterocycles. The van der Waals surface area contributed by atoms with Crippen molar-refractivity contribution in [1.82, 2.24) is 29.5 Å². The van der Waals surface area contributed by atoms with E-state index in [9.17, 15) is 4.79 Å². The summed E-state index contributed by atoms with van der Waals surface area (Å²) in [6.45, 7) is 6.13. The first-order chi connectivity index (χ1) is 11.1. The number of nitrogens with zero attached hydrogens (tertiary/aromatic N) is 5. The van der Waals surface area contributed by atoms with Crippen molar-refractivity contribution in [3.05, 3.63) is 40.5 Å². The Morgan fingerprint density at radius 2 is 2.22 bits per heavy atom. The first-order valence-electron chi connectivity index (χ1n) is 7.26. The molecule has 0 fully saturated rings.